The first-order valence-electron chi connectivity index (χ1n) is 6.46. The Hall–Kier alpha value is -0.860. The molecular formula is C14H26N2O. The predicted molar refractivity (Wildman–Crippen MR) is 72.5 cm³/mol. The van der Waals surface area contributed by atoms with E-state index < -0.39 is 0 Å². The molecule has 1 heterocycles. The topological polar surface area (TPSA) is 32.7 Å². The Kier molecular flexibility index (Phi) is 4.00. The molecule has 0 N–H and O–H groups in total. The molecule has 0 spiro atoms. The molecule has 0 fully saturated rings. The van der Waals surface area contributed by atoms with E-state index in [0.29, 0.717) is 13.0 Å². The van der Waals surface area contributed by atoms with Crippen LogP contribution >= 0.6 is 0 Å². The van der Waals surface area contributed by atoms with Crippen LogP contribution in [0.4, 0.5) is 0 Å². The van der Waals surface area contributed by atoms with Gasteiger partial charge in [-0.3, -0.25) is 9.79 Å². The van der Waals surface area contributed by atoms with Crippen LogP contribution in [0, 0.1) is 5.41 Å². The van der Waals surface area contributed by atoms with Crippen molar-refractivity contribution < 1.29 is 4.79 Å². The largest absolute Gasteiger partial charge is 0.355 e. The maximum absolute atomic E-state index is 11.5. The maximum atomic E-state index is 11.5. The number of Topliss-reactive ketones (excluding diaryl/α,β-unsaturated/α-hetero) is 1. The monoisotopic (exact) mass is 238 g/mol. The second-order valence-electron chi connectivity index (χ2n) is 6.85. The molecule has 0 saturated carbocycles. The SMILES string of the molecule is CC(C)(C)C1=NCC(=O)CCCN1C(C)(C)C. The molecule has 1 aliphatic heterocycles. The Morgan fingerprint density at radius 1 is 1.12 bits per heavy atom. The lowest BCUT2D eigenvalue weighted by atomic mass is 9.90. The first kappa shape index (κ1) is 14.2. The van der Waals surface area contributed by atoms with E-state index in [-0.39, 0.29) is 16.7 Å². The van der Waals surface area contributed by atoms with Gasteiger partial charge in [-0.25, -0.2) is 0 Å². The zero-order valence-corrected chi connectivity index (χ0v) is 12.1. The lowest BCUT2D eigenvalue weighted by Crippen LogP contribution is -2.51. The van der Waals surface area contributed by atoms with Gasteiger partial charge in [0.2, 0.25) is 0 Å². The van der Waals surface area contributed by atoms with E-state index in [2.05, 4.69) is 51.4 Å². The van der Waals surface area contributed by atoms with E-state index in [4.69, 9.17) is 0 Å². The smallest absolute Gasteiger partial charge is 0.154 e. The molecular weight excluding hydrogens is 212 g/mol. The third-order valence-electron chi connectivity index (χ3n) is 2.98. The van der Waals surface area contributed by atoms with Crippen LogP contribution in [0.25, 0.3) is 0 Å². The number of hydrogen-bond donors (Lipinski definition) is 0. The van der Waals surface area contributed by atoms with Gasteiger partial charge in [0, 0.05) is 23.9 Å². The Balaban J connectivity index is 3.10. The van der Waals surface area contributed by atoms with Gasteiger partial charge >= 0.3 is 0 Å². The van der Waals surface area contributed by atoms with E-state index >= 15 is 0 Å². The number of ketones is 1. The van der Waals surface area contributed by atoms with Gasteiger partial charge in [0.25, 0.3) is 0 Å². The molecule has 98 valence electrons. The van der Waals surface area contributed by atoms with Gasteiger partial charge in [-0.15, -0.1) is 0 Å². The highest BCUT2D eigenvalue weighted by Crippen LogP contribution is 2.26. The van der Waals surface area contributed by atoms with Crippen molar-refractivity contribution in [1.82, 2.24) is 4.90 Å². The lowest BCUT2D eigenvalue weighted by Gasteiger charge is -2.43. The van der Waals surface area contributed by atoms with Gasteiger partial charge in [-0.2, -0.15) is 0 Å². The molecule has 3 nitrogen and oxygen atoms in total. The minimum Gasteiger partial charge on any atom is -0.355 e. The number of rotatable bonds is 0. The van der Waals surface area contributed by atoms with Crippen molar-refractivity contribution >= 4 is 11.6 Å². The minimum absolute atomic E-state index is 0.00903. The molecule has 0 aromatic carbocycles. The summed E-state index contributed by atoms with van der Waals surface area (Å²) in [6.07, 6.45) is 1.60. The first-order valence-corrected chi connectivity index (χ1v) is 6.46. The van der Waals surface area contributed by atoms with Crippen molar-refractivity contribution in [2.45, 2.75) is 59.9 Å². The number of aliphatic imine (C=N–C) groups is 1. The fourth-order valence-electron chi connectivity index (χ4n) is 2.16. The fraction of sp³-hybridized carbons (Fsp3) is 0.857. The van der Waals surface area contributed by atoms with Crippen LogP contribution in [0.1, 0.15) is 54.4 Å². The molecule has 0 bridgehead atoms. The van der Waals surface area contributed by atoms with Crippen LogP contribution in [-0.2, 0) is 4.79 Å². The highest BCUT2D eigenvalue weighted by Gasteiger charge is 2.32. The average molecular weight is 238 g/mol. The quantitative estimate of drug-likeness (QED) is 0.650. The summed E-state index contributed by atoms with van der Waals surface area (Å²) in [5, 5.41) is 0. The molecule has 0 unspecified atom stereocenters. The van der Waals surface area contributed by atoms with Crippen molar-refractivity contribution in [2.24, 2.45) is 10.4 Å². The maximum Gasteiger partial charge on any atom is 0.154 e. The summed E-state index contributed by atoms with van der Waals surface area (Å²) in [6.45, 7) is 14.4. The Bertz CT molecular complexity index is 318. The summed E-state index contributed by atoms with van der Waals surface area (Å²) < 4.78 is 0. The summed E-state index contributed by atoms with van der Waals surface area (Å²) in [4.78, 5) is 18.5. The summed E-state index contributed by atoms with van der Waals surface area (Å²) in [5.41, 5.74) is 0.0530. The molecule has 17 heavy (non-hydrogen) atoms. The molecule has 0 aromatic heterocycles. The van der Waals surface area contributed by atoms with Crippen LogP contribution in [0.3, 0.4) is 0 Å². The minimum atomic E-state index is -0.00903. The van der Waals surface area contributed by atoms with Gasteiger partial charge in [-0.05, 0) is 27.2 Å². The molecule has 1 rings (SSSR count). The van der Waals surface area contributed by atoms with Crippen molar-refractivity contribution in [3.8, 4) is 0 Å². The van der Waals surface area contributed by atoms with Gasteiger partial charge in [0.05, 0.1) is 6.54 Å². The van der Waals surface area contributed by atoms with Gasteiger partial charge < -0.3 is 4.90 Å². The summed E-state index contributed by atoms with van der Waals surface area (Å²) in [5.74, 6) is 1.33. The molecule has 0 saturated heterocycles. The molecule has 0 radical (unpaired) electrons. The third-order valence-corrected chi connectivity index (χ3v) is 2.98. The second-order valence-corrected chi connectivity index (χ2v) is 6.85. The number of nitrogens with zero attached hydrogens (tertiary/aromatic N) is 2. The highest BCUT2D eigenvalue weighted by atomic mass is 16.1. The highest BCUT2D eigenvalue weighted by molar-refractivity contribution is 5.91. The average Bonchev–Trinajstić information content (AvgIpc) is 2.06. The Labute approximate surface area is 105 Å². The summed E-state index contributed by atoms with van der Waals surface area (Å²) in [6, 6.07) is 0. The van der Waals surface area contributed by atoms with Gasteiger partial charge in [0.15, 0.2) is 5.78 Å². The van der Waals surface area contributed by atoms with E-state index in [1.807, 2.05) is 0 Å². The zero-order chi connectivity index (χ0) is 13.3. The molecule has 3 heteroatoms. The first-order chi connectivity index (χ1) is 7.62. The van der Waals surface area contributed by atoms with Crippen molar-refractivity contribution in [2.75, 3.05) is 13.1 Å². The Morgan fingerprint density at radius 3 is 2.18 bits per heavy atom. The lowest BCUT2D eigenvalue weighted by molar-refractivity contribution is -0.118. The van der Waals surface area contributed by atoms with E-state index in [0.717, 1.165) is 18.8 Å². The Morgan fingerprint density at radius 2 is 1.71 bits per heavy atom. The zero-order valence-electron chi connectivity index (χ0n) is 12.1. The summed E-state index contributed by atoms with van der Waals surface area (Å²) >= 11 is 0. The van der Waals surface area contributed by atoms with Gasteiger partial charge in [0.1, 0.15) is 5.84 Å². The standard InChI is InChI=1S/C14H26N2O/c1-13(2,3)12-15-10-11(17)8-7-9-16(12)14(4,5)6/h7-10H2,1-6H3. The van der Waals surface area contributed by atoms with Gasteiger partial charge in [-0.1, -0.05) is 20.8 Å². The molecule has 0 amide bonds. The normalized spacial score (nSPS) is 19.8. The van der Waals surface area contributed by atoms with Crippen LogP contribution in [0.2, 0.25) is 0 Å². The van der Waals surface area contributed by atoms with Crippen molar-refractivity contribution in [3.63, 3.8) is 0 Å². The van der Waals surface area contributed by atoms with Crippen LogP contribution in [-0.4, -0.2) is 35.1 Å². The second kappa shape index (κ2) is 4.79. The van der Waals surface area contributed by atoms with Crippen molar-refractivity contribution in [1.29, 1.82) is 0 Å². The number of hydrogen-bond acceptors (Lipinski definition) is 3. The van der Waals surface area contributed by atoms with Crippen LogP contribution < -0.4 is 0 Å². The number of carbonyl (C=O) groups is 1. The van der Waals surface area contributed by atoms with E-state index in [1.165, 1.54) is 0 Å². The predicted octanol–water partition coefficient (Wildman–Crippen LogP) is 2.89. The van der Waals surface area contributed by atoms with Crippen molar-refractivity contribution in [3.05, 3.63) is 0 Å². The van der Waals surface area contributed by atoms with Crippen LogP contribution in [0.5, 0.6) is 0 Å². The third kappa shape index (κ3) is 3.83. The molecule has 0 atom stereocenters. The van der Waals surface area contributed by atoms with Crippen LogP contribution in [0.15, 0.2) is 4.99 Å². The molecule has 0 aliphatic carbocycles. The van der Waals surface area contributed by atoms with E-state index in [9.17, 15) is 4.79 Å². The number of carbonyl (C=O) groups excluding carboxylic acids is 1. The van der Waals surface area contributed by atoms with E-state index in [1.54, 1.807) is 0 Å². The fourth-order valence-corrected chi connectivity index (χ4v) is 2.16. The number of amidine groups is 1. The summed E-state index contributed by atoms with van der Waals surface area (Å²) in [7, 11) is 0. The molecule has 1 aliphatic rings. The molecule has 0 aromatic rings.